The van der Waals surface area contributed by atoms with Gasteiger partial charge in [-0.25, -0.2) is 0 Å². The maximum atomic E-state index is 12.8. The summed E-state index contributed by atoms with van der Waals surface area (Å²) in [5, 5.41) is 3.46. The predicted octanol–water partition coefficient (Wildman–Crippen LogP) is 3.38. The summed E-state index contributed by atoms with van der Waals surface area (Å²) in [4.78, 5) is 40.8. The van der Waals surface area contributed by atoms with Gasteiger partial charge in [-0.2, -0.15) is 0 Å². The van der Waals surface area contributed by atoms with E-state index in [1.807, 2.05) is 44.2 Å². The number of ketones is 1. The number of amides is 2. The molecule has 0 radical (unpaired) electrons. The van der Waals surface area contributed by atoms with Crippen LogP contribution < -0.4 is 10.2 Å². The fourth-order valence-corrected chi connectivity index (χ4v) is 4.46. The van der Waals surface area contributed by atoms with Crippen molar-refractivity contribution in [2.75, 3.05) is 29.9 Å². The Labute approximate surface area is 187 Å². The Kier molecular flexibility index (Phi) is 6.01. The first-order valence-corrected chi connectivity index (χ1v) is 11.0. The number of piperazine rings is 1. The molecule has 162 valence electrons. The quantitative estimate of drug-likeness (QED) is 0.728. The van der Waals surface area contributed by atoms with E-state index in [9.17, 15) is 14.4 Å². The second-order valence-electron chi connectivity index (χ2n) is 8.38. The van der Waals surface area contributed by atoms with Crippen LogP contribution in [-0.4, -0.2) is 48.2 Å². The van der Waals surface area contributed by atoms with Gasteiger partial charge in [0.15, 0.2) is 0 Å². The molecule has 6 nitrogen and oxygen atoms in total. The van der Waals surface area contributed by atoms with Crippen molar-refractivity contribution in [2.45, 2.75) is 39.2 Å². The number of carbonyl (C=O) groups excluding carboxylic acids is 3. The summed E-state index contributed by atoms with van der Waals surface area (Å²) < 4.78 is 0. The van der Waals surface area contributed by atoms with Crippen LogP contribution in [0, 0.1) is 6.92 Å². The Morgan fingerprint density at radius 3 is 2.61 bits per heavy atom. The lowest BCUT2D eigenvalue weighted by Crippen LogP contribution is -2.55. The zero-order valence-corrected chi connectivity index (χ0v) is 18.5. The van der Waals surface area contributed by atoms with Crippen molar-refractivity contribution >= 4 is 40.6 Å². The van der Waals surface area contributed by atoms with Crippen molar-refractivity contribution < 1.29 is 14.4 Å². The average Bonchev–Trinajstić information content (AvgIpc) is 2.75. The number of nitrogens with one attached hydrogen (secondary N) is 1. The highest BCUT2D eigenvalue weighted by atomic mass is 35.5. The lowest BCUT2D eigenvalue weighted by molar-refractivity contribution is -0.143. The maximum Gasteiger partial charge on any atom is 0.313 e. The minimum absolute atomic E-state index is 0.0763. The first-order chi connectivity index (χ1) is 14.8. The molecule has 4 rings (SSSR count). The molecule has 2 amide bonds. The van der Waals surface area contributed by atoms with Crippen LogP contribution in [0.3, 0.4) is 0 Å². The zero-order chi connectivity index (χ0) is 22.1. The number of anilines is 2. The third kappa shape index (κ3) is 4.59. The minimum atomic E-state index is -0.630. The number of nitrogens with zero attached hydrogens (tertiary/aromatic N) is 2. The molecule has 2 aromatic rings. The molecule has 0 unspecified atom stereocenters. The van der Waals surface area contributed by atoms with E-state index in [2.05, 4.69) is 10.2 Å². The summed E-state index contributed by atoms with van der Waals surface area (Å²) in [5.41, 5.74) is 4.74. The Hall–Kier alpha value is -2.86. The Balaban J connectivity index is 1.38. The van der Waals surface area contributed by atoms with Crippen LogP contribution in [0.25, 0.3) is 0 Å². The van der Waals surface area contributed by atoms with Crippen LogP contribution in [0.4, 0.5) is 11.4 Å². The molecule has 1 saturated heterocycles. The van der Waals surface area contributed by atoms with Gasteiger partial charge in [-0.05, 0) is 67.3 Å². The number of hydrogen-bond donors (Lipinski definition) is 1. The highest BCUT2D eigenvalue weighted by molar-refractivity contribution is 6.39. The number of fused-ring (bicyclic) bond motifs is 1. The number of benzene rings is 2. The molecule has 31 heavy (non-hydrogen) atoms. The van der Waals surface area contributed by atoms with Crippen molar-refractivity contribution in [3.05, 3.63) is 58.1 Å². The van der Waals surface area contributed by atoms with E-state index in [4.69, 9.17) is 11.6 Å². The highest BCUT2D eigenvalue weighted by Gasteiger charge is 2.30. The summed E-state index contributed by atoms with van der Waals surface area (Å²) in [6.07, 6.45) is 1.64. The van der Waals surface area contributed by atoms with E-state index >= 15 is 0 Å². The van der Waals surface area contributed by atoms with Gasteiger partial charge in [-0.3, -0.25) is 14.4 Å². The molecule has 0 saturated carbocycles. The standard InChI is InChI=1S/C24H26ClN3O3/c1-15-11-20(6-8-22(15)25)28-10-9-27(14-16(28)2)24(31)23(30)26-19-5-3-18-13-21(29)7-4-17(18)12-19/h3,5-6,8,11-12,16H,4,7,9-10,13-14H2,1-2H3,(H,26,30)/t16-/m1/s1. The maximum absolute atomic E-state index is 12.8. The van der Waals surface area contributed by atoms with E-state index in [0.29, 0.717) is 44.6 Å². The van der Waals surface area contributed by atoms with Gasteiger partial charge in [0.1, 0.15) is 5.78 Å². The average molecular weight is 440 g/mol. The van der Waals surface area contributed by atoms with Crippen molar-refractivity contribution in [3.63, 3.8) is 0 Å². The largest absolute Gasteiger partial charge is 0.365 e. The van der Waals surface area contributed by atoms with Gasteiger partial charge in [-0.15, -0.1) is 0 Å². The topological polar surface area (TPSA) is 69.7 Å². The first-order valence-electron chi connectivity index (χ1n) is 10.6. The Morgan fingerprint density at radius 2 is 1.87 bits per heavy atom. The molecule has 2 aliphatic rings. The predicted molar refractivity (Wildman–Crippen MR) is 122 cm³/mol. The van der Waals surface area contributed by atoms with Crippen LogP contribution in [0.5, 0.6) is 0 Å². The summed E-state index contributed by atoms with van der Waals surface area (Å²) in [7, 11) is 0. The SMILES string of the molecule is Cc1cc(N2CCN(C(=O)C(=O)Nc3ccc4c(c3)CCC(=O)C4)C[C@H]2C)ccc1Cl. The Morgan fingerprint density at radius 1 is 1.06 bits per heavy atom. The van der Waals surface area contributed by atoms with E-state index in [1.54, 1.807) is 11.0 Å². The molecule has 1 heterocycles. The number of rotatable bonds is 2. The van der Waals surface area contributed by atoms with E-state index < -0.39 is 11.8 Å². The third-order valence-electron chi connectivity index (χ3n) is 6.11. The molecule has 0 aromatic heterocycles. The molecule has 1 atom stereocenters. The summed E-state index contributed by atoms with van der Waals surface area (Å²) in [5.74, 6) is -0.914. The van der Waals surface area contributed by atoms with Crippen molar-refractivity contribution in [1.29, 1.82) is 0 Å². The number of Topliss-reactive ketones (excluding diaryl/α,β-unsaturated/α-hetero) is 1. The smallest absolute Gasteiger partial charge is 0.313 e. The third-order valence-corrected chi connectivity index (χ3v) is 6.53. The van der Waals surface area contributed by atoms with Crippen LogP contribution in [0.15, 0.2) is 36.4 Å². The van der Waals surface area contributed by atoms with Crippen LogP contribution in [-0.2, 0) is 27.2 Å². The lowest BCUT2D eigenvalue weighted by Gasteiger charge is -2.41. The van der Waals surface area contributed by atoms with Crippen molar-refractivity contribution in [2.24, 2.45) is 0 Å². The van der Waals surface area contributed by atoms with Crippen LogP contribution >= 0.6 is 11.6 Å². The lowest BCUT2D eigenvalue weighted by atomic mass is 9.90. The zero-order valence-electron chi connectivity index (χ0n) is 17.8. The normalized spacial score (nSPS) is 18.5. The molecule has 1 fully saturated rings. The number of hydrogen-bond acceptors (Lipinski definition) is 4. The Bertz CT molecular complexity index is 1050. The summed E-state index contributed by atoms with van der Waals surface area (Å²) >= 11 is 6.14. The van der Waals surface area contributed by atoms with Gasteiger partial charge in [0.05, 0.1) is 0 Å². The second-order valence-corrected chi connectivity index (χ2v) is 8.79. The van der Waals surface area contributed by atoms with Gasteiger partial charge >= 0.3 is 11.8 Å². The monoisotopic (exact) mass is 439 g/mol. The first kappa shape index (κ1) is 21.4. The molecule has 7 heteroatoms. The summed E-state index contributed by atoms with van der Waals surface area (Å²) in [6, 6.07) is 11.5. The fraction of sp³-hybridized carbons (Fsp3) is 0.375. The number of halogens is 1. The molecular formula is C24H26ClN3O3. The molecule has 2 aromatic carbocycles. The number of carbonyl (C=O) groups is 3. The minimum Gasteiger partial charge on any atom is -0.365 e. The van der Waals surface area contributed by atoms with Gasteiger partial charge in [0, 0.05) is 54.9 Å². The van der Waals surface area contributed by atoms with Gasteiger partial charge in [0.2, 0.25) is 0 Å². The van der Waals surface area contributed by atoms with Crippen LogP contribution in [0.1, 0.15) is 30.0 Å². The van der Waals surface area contributed by atoms with E-state index in [-0.39, 0.29) is 11.8 Å². The van der Waals surface area contributed by atoms with E-state index in [1.165, 1.54) is 0 Å². The molecule has 1 aliphatic carbocycles. The van der Waals surface area contributed by atoms with Crippen molar-refractivity contribution in [1.82, 2.24) is 4.90 Å². The molecule has 0 spiro atoms. The van der Waals surface area contributed by atoms with Crippen molar-refractivity contribution in [3.8, 4) is 0 Å². The fourth-order valence-electron chi connectivity index (χ4n) is 4.35. The van der Waals surface area contributed by atoms with E-state index in [0.717, 1.165) is 27.4 Å². The summed E-state index contributed by atoms with van der Waals surface area (Å²) in [6.45, 7) is 5.62. The highest BCUT2D eigenvalue weighted by Crippen LogP contribution is 2.26. The number of aryl methyl sites for hydroxylation is 2. The van der Waals surface area contributed by atoms with Crippen LogP contribution in [0.2, 0.25) is 5.02 Å². The van der Waals surface area contributed by atoms with Gasteiger partial charge in [-0.1, -0.05) is 17.7 Å². The molecular weight excluding hydrogens is 414 g/mol. The van der Waals surface area contributed by atoms with Gasteiger partial charge in [0.25, 0.3) is 0 Å². The molecule has 1 aliphatic heterocycles. The van der Waals surface area contributed by atoms with Gasteiger partial charge < -0.3 is 15.1 Å². The molecule has 0 bridgehead atoms. The second kappa shape index (κ2) is 8.71. The molecule has 1 N–H and O–H groups in total.